The molecule has 1 saturated carbocycles. The summed E-state index contributed by atoms with van der Waals surface area (Å²) in [4.78, 5) is 40.5. The van der Waals surface area contributed by atoms with Crippen LogP contribution in [0.4, 0.5) is 0 Å². The van der Waals surface area contributed by atoms with Crippen molar-refractivity contribution in [2.24, 2.45) is 0 Å². The van der Waals surface area contributed by atoms with Gasteiger partial charge in [0.2, 0.25) is 5.91 Å². The number of nitrogens with one attached hydrogen (secondary N) is 2. The third-order valence-corrected chi connectivity index (χ3v) is 6.99. The van der Waals surface area contributed by atoms with Crippen LogP contribution >= 0.6 is 0 Å². The summed E-state index contributed by atoms with van der Waals surface area (Å²) in [6, 6.07) is 9.56. The summed E-state index contributed by atoms with van der Waals surface area (Å²) in [7, 11) is 1.64. The number of carbonyl (C=O) groups excluding carboxylic acids is 3. The zero-order valence-electron chi connectivity index (χ0n) is 19.7. The first-order chi connectivity index (χ1) is 15.8. The lowest BCUT2D eigenvalue weighted by atomic mass is 9.95. The molecule has 0 saturated heterocycles. The highest BCUT2D eigenvalue weighted by Crippen LogP contribution is 2.27. The van der Waals surface area contributed by atoms with Crippen LogP contribution in [-0.4, -0.2) is 51.0 Å². The third kappa shape index (κ3) is 4.79. The van der Waals surface area contributed by atoms with Gasteiger partial charge < -0.3 is 15.5 Å². The lowest BCUT2D eigenvalue weighted by molar-refractivity contribution is -0.133. The second-order valence-corrected chi connectivity index (χ2v) is 9.54. The van der Waals surface area contributed by atoms with Gasteiger partial charge in [-0.1, -0.05) is 55.5 Å². The quantitative estimate of drug-likeness (QED) is 0.684. The molecule has 0 bridgehead atoms. The molecule has 33 heavy (non-hydrogen) atoms. The van der Waals surface area contributed by atoms with Gasteiger partial charge in [-0.2, -0.15) is 5.10 Å². The van der Waals surface area contributed by atoms with E-state index in [9.17, 15) is 14.4 Å². The van der Waals surface area contributed by atoms with Gasteiger partial charge in [-0.25, -0.2) is 0 Å². The molecule has 4 rings (SSSR count). The van der Waals surface area contributed by atoms with Crippen LogP contribution in [0, 0.1) is 6.92 Å². The smallest absolute Gasteiger partial charge is 0.272 e. The largest absolute Gasteiger partial charge is 0.351 e. The number of benzene rings is 1. The summed E-state index contributed by atoms with van der Waals surface area (Å²) in [5.41, 5.74) is 1.56. The standard InChI is InChI=1S/C25H33N5O3/c1-17-10-12-18(13-11-17)15-26-22(31)20-14-21-23(32)29(3)25(2,16-30(21)28-20)24(33)27-19-8-6-4-5-7-9-19/h10-14,19H,4-9,15-16H2,1-3H3,(H,26,31)(H,27,33)/t25-/m1/s1. The fourth-order valence-corrected chi connectivity index (χ4v) is 4.58. The number of carbonyl (C=O) groups is 3. The monoisotopic (exact) mass is 451 g/mol. The zero-order chi connectivity index (χ0) is 23.6. The molecular weight excluding hydrogens is 418 g/mol. The van der Waals surface area contributed by atoms with Crippen molar-refractivity contribution in [2.75, 3.05) is 7.05 Å². The SMILES string of the molecule is Cc1ccc(CNC(=O)c2cc3n(n2)C[C@](C)(C(=O)NC2CCCCCC2)N(C)C3=O)cc1. The van der Waals surface area contributed by atoms with Gasteiger partial charge in [-0.15, -0.1) is 0 Å². The summed E-state index contributed by atoms with van der Waals surface area (Å²) < 4.78 is 1.50. The molecule has 2 aliphatic rings. The Morgan fingerprint density at radius 1 is 1.12 bits per heavy atom. The molecule has 1 aromatic heterocycles. The summed E-state index contributed by atoms with van der Waals surface area (Å²) >= 11 is 0. The van der Waals surface area contributed by atoms with Crippen LogP contribution in [0.2, 0.25) is 0 Å². The Morgan fingerprint density at radius 2 is 1.79 bits per heavy atom. The second-order valence-electron chi connectivity index (χ2n) is 9.54. The van der Waals surface area contributed by atoms with E-state index in [0.717, 1.165) is 36.8 Å². The molecule has 0 unspecified atom stereocenters. The highest BCUT2D eigenvalue weighted by atomic mass is 16.2. The lowest BCUT2D eigenvalue weighted by Gasteiger charge is -2.41. The molecule has 8 heteroatoms. The van der Waals surface area contributed by atoms with E-state index in [-0.39, 0.29) is 36.0 Å². The molecule has 3 amide bonds. The van der Waals surface area contributed by atoms with E-state index < -0.39 is 5.54 Å². The second kappa shape index (κ2) is 9.37. The number of rotatable bonds is 5. The highest BCUT2D eigenvalue weighted by Gasteiger charge is 2.46. The fourth-order valence-electron chi connectivity index (χ4n) is 4.58. The minimum Gasteiger partial charge on any atom is -0.351 e. The molecule has 176 valence electrons. The number of aryl methyl sites for hydroxylation is 1. The Kier molecular flexibility index (Phi) is 6.54. The molecule has 8 nitrogen and oxygen atoms in total. The number of nitrogens with zero attached hydrogens (tertiary/aromatic N) is 3. The van der Waals surface area contributed by atoms with Crippen molar-refractivity contribution < 1.29 is 14.4 Å². The predicted molar refractivity (Wildman–Crippen MR) is 125 cm³/mol. The Balaban J connectivity index is 1.46. The maximum Gasteiger partial charge on any atom is 0.272 e. The van der Waals surface area contributed by atoms with Crippen molar-refractivity contribution in [3.05, 3.63) is 52.8 Å². The van der Waals surface area contributed by atoms with Crippen molar-refractivity contribution in [3.63, 3.8) is 0 Å². The topological polar surface area (TPSA) is 96.3 Å². The van der Waals surface area contributed by atoms with Gasteiger partial charge >= 0.3 is 0 Å². The summed E-state index contributed by atoms with van der Waals surface area (Å²) in [6.45, 7) is 4.35. The van der Waals surface area contributed by atoms with Crippen LogP contribution in [-0.2, 0) is 17.9 Å². The van der Waals surface area contributed by atoms with Crippen molar-refractivity contribution in [1.29, 1.82) is 0 Å². The summed E-state index contributed by atoms with van der Waals surface area (Å²) in [5, 5.41) is 10.4. The van der Waals surface area contributed by atoms with Crippen molar-refractivity contribution in [1.82, 2.24) is 25.3 Å². The average Bonchev–Trinajstić information content (AvgIpc) is 3.05. The first-order valence-corrected chi connectivity index (χ1v) is 11.8. The number of aromatic nitrogens is 2. The van der Waals surface area contributed by atoms with Crippen LogP contribution in [0.3, 0.4) is 0 Å². The Labute approximate surface area is 194 Å². The van der Waals surface area contributed by atoms with Crippen LogP contribution in [0.25, 0.3) is 0 Å². The first kappa shape index (κ1) is 23.0. The number of hydrogen-bond acceptors (Lipinski definition) is 4. The molecule has 2 N–H and O–H groups in total. The van der Waals surface area contributed by atoms with E-state index in [4.69, 9.17) is 0 Å². The van der Waals surface area contributed by atoms with E-state index in [1.807, 2.05) is 31.2 Å². The average molecular weight is 452 g/mol. The van der Waals surface area contributed by atoms with Gasteiger partial charge in [0.05, 0.1) is 6.54 Å². The molecule has 0 spiro atoms. The molecule has 1 aliphatic heterocycles. The minimum absolute atomic E-state index is 0.141. The summed E-state index contributed by atoms with van der Waals surface area (Å²) in [6.07, 6.45) is 6.57. The van der Waals surface area contributed by atoms with Gasteiger partial charge in [-0.05, 0) is 32.3 Å². The molecule has 0 radical (unpaired) electrons. The number of fused-ring (bicyclic) bond motifs is 1. The molecule has 2 aromatic rings. The first-order valence-electron chi connectivity index (χ1n) is 11.8. The van der Waals surface area contributed by atoms with Crippen LogP contribution in [0.5, 0.6) is 0 Å². The van der Waals surface area contributed by atoms with Crippen molar-refractivity contribution >= 4 is 17.7 Å². The Morgan fingerprint density at radius 3 is 2.45 bits per heavy atom. The molecule has 1 aliphatic carbocycles. The fraction of sp³-hybridized carbons (Fsp3) is 0.520. The highest BCUT2D eigenvalue weighted by molar-refractivity contribution is 6.01. The number of amides is 3. The van der Waals surface area contributed by atoms with E-state index in [1.54, 1.807) is 14.0 Å². The van der Waals surface area contributed by atoms with Crippen LogP contribution in [0.15, 0.2) is 30.3 Å². The maximum atomic E-state index is 13.3. The predicted octanol–water partition coefficient (Wildman–Crippen LogP) is 2.80. The molecule has 2 heterocycles. The van der Waals surface area contributed by atoms with E-state index in [1.165, 1.54) is 28.5 Å². The number of likely N-dealkylation sites (N-methyl/N-ethyl adjacent to an activating group) is 1. The minimum atomic E-state index is -1.07. The lowest BCUT2D eigenvalue weighted by Crippen LogP contribution is -2.63. The van der Waals surface area contributed by atoms with Gasteiger partial charge in [0.1, 0.15) is 11.2 Å². The Bertz CT molecular complexity index is 1040. The van der Waals surface area contributed by atoms with Gasteiger partial charge in [0.25, 0.3) is 11.8 Å². The zero-order valence-corrected chi connectivity index (χ0v) is 19.7. The van der Waals surface area contributed by atoms with Crippen LogP contribution in [0.1, 0.15) is 77.6 Å². The number of hydrogen-bond donors (Lipinski definition) is 2. The normalized spacial score (nSPS) is 21.3. The van der Waals surface area contributed by atoms with Gasteiger partial charge in [-0.3, -0.25) is 19.1 Å². The Hall–Kier alpha value is -3.16. The van der Waals surface area contributed by atoms with E-state index in [0.29, 0.717) is 12.2 Å². The summed E-state index contributed by atoms with van der Waals surface area (Å²) in [5.74, 6) is -0.834. The van der Waals surface area contributed by atoms with Crippen LogP contribution < -0.4 is 10.6 Å². The van der Waals surface area contributed by atoms with E-state index >= 15 is 0 Å². The molecular formula is C25H33N5O3. The van der Waals surface area contributed by atoms with E-state index in [2.05, 4.69) is 15.7 Å². The molecule has 1 aromatic carbocycles. The third-order valence-electron chi connectivity index (χ3n) is 6.99. The maximum absolute atomic E-state index is 13.3. The van der Waals surface area contributed by atoms with Gasteiger partial charge in [0.15, 0.2) is 5.69 Å². The molecule has 1 fully saturated rings. The van der Waals surface area contributed by atoms with Gasteiger partial charge in [0, 0.05) is 25.7 Å². The van der Waals surface area contributed by atoms with Crippen molar-refractivity contribution in [3.8, 4) is 0 Å². The molecule has 1 atom stereocenters. The van der Waals surface area contributed by atoms with Crippen molar-refractivity contribution in [2.45, 2.75) is 77.0 Å².